The summed E-state index contributed by atoms with van der Waals surface area (Å²) in [6, 6.07) is 10.4. The standard InChI is InChI=1S/C31H32F6O2/c1-3-6-19-7-5-8-20(10-9-19)21-11-13-22(14-12-21)23-15-16-24(28(33)27(23)32)31(36,37)39-26-18-17-25(38-4-2)29(34)30(26)35/h11-20H,3-10H2,1-2H3. The van der Waals surface area contributed by atoms with Crippen molar-refractivity contribution in [2.75, 3.05) is 6.61 Å². The predicted octanol–water partition coefficient (Wildman–Crippen LogP) is 9.90. The summed E-state index contributed by atoms with van der Waals surface area (Å²) < 4.78 is 97.0. The van der Waals surface area contributed by atoms with Crippen LogP contribution in [0.3, 0.4) is 0 Å². The van der Waals surface area contributed by atoms with Gasteiger partial charge in [0.05, 0.1) is 6.61 Å². The largest absolute Gasteiger partial charge is 0.491 e. The summed E-state index contributed by atoms with van der Waals surface area (Å²) in [5.41, 5.74) is -0.170. The van der Waals surface area contributed by atoms with Gasteiger partial charge in [0.15, 0.2) is 23.1 Å². The quantitative estimate of drug-likeness (QED) is 0.195. The van der Waals surface area contributed by atoms with E-state index < -0.39 is 46.4 Å². The molecule has 2 unspecified atom stereocenters. The fourth-order valence-corrected chi connectivity index (χ4v) is 5.39. The molecule has 0 spiro atoms. The van der Waals surface area contributed by atoms with E-state index in [1.54, 1.807) is 12.1 Å². The van der Waals surface area contributed by atoms with Crippen molar-refractivity contribution in [2.45, 2.75) is 70.8 Å². The second-order valence-corrected chi connectivity index (χ2v) is 10.0. The third-order valence-corrected chi connectivity index (χ3v) is 7.42. The molecular weight excluding hydrogens is 518 g/mol. The molecule has 0 aromatic heterocycles. The van der Waals surface area contributed by atoms with Crippen LogP contribution in [0.4, 0.5) is 26.3 Å². The molecule has 1 aliphatic carbocycles. The first kappa shape index (κ1) is 28.8. The number of alkyl halides is 2. The Labute approximate surface area is 225 Å². The molecule has 8 heteroatoms. The Morgan fingerprint density at radius 2 is 1.44 bits per heavy atom. The Morgan fingerprint density at radius 1 is 0.744 bits per heavy atom. The molecule has 3 aromatic carbocycles. The van der Waals surface area contributed by atoms with Gasteiger partial charge in [-0.05, 0) is 67.3 Å². The molecule has 0 heterocycles. The molecule has 0 radical (unpaired) electrons. The molecule has 3 aromatic rings. The Balaban J connectivity index is 1.53. The van der Waals surface area contributed by atoms with E-state index in [2.05, 4.69) is 11.7 Å². The lowest BCUT2D eigenvalue weighted by Gasteiger charge is -2.20. The van der Waals surface area contributed by atoms with Gasteiger partial charge in [0.25, 0.3) is 0 Å². The lowest BCUT2D eigenvalue weighted by atomic mass is 9.89. The second-order valence-electron chi connectivity index (χ2n) is 10.0. The van der Waals surface area contributed by atoms with Crippen molar-refractivity contribution in [3.63, 3.8) is 0 Å². The Bertz CT molecular complexity index is 1280. The maximum Gasteiger partial charge on any atom is 0.429 e. The van der Waals surface area contributed by atoms with Gasteiger partial charge in [0, 0.05) is 5.56 Å². The monoisotopic (exact) mass is 550 g/mol. The number of ether oxygens (including phenoxy) is 2. The molecule has 1 fully saturated rings. The molecule has 0 amide bonds. The van der Waals surface area contributed by atoms with Gasteiger partial charge < -0.3 is 9.47 Å². The lowest BCUT2D eigenvalue weighted by Crippen LogP contribution is -2.25. The molecule has 4 rings (SSSR count). The Morgan fingerprint density at radius 3 is 2.13 bits per heavy atom. The van der Waals surface area contributed by atoms with Crippen LogP contribution in [-0.4, -0.2) is 6.61 Å². The minimum atomic E-state index is -4.48. The summed E-state index contributed by atoms with van der Waals surface area (Å²) in [6.07, 6.45) is 3.65. The van der Waals surface area contributed by atoms with Gasteiger partial charge in [0.2, 0.25) is 11.6 Å². The van der Waals surface area contributed by atoms with Gasteiger partial charge in [-0.3, -0.25) is 0 Å². The molecular formula is C31H32F6O2. The molecule has 2 atom stereocenters. The fraction of sp³-hybridized carbons (Fsp3) is 0.419. The number of hydrogen-bond donors (Lipinski definition) is 0. The minimum absolute atomic E-state index is 0.0202. The van der Waals surface area contributed by atoms with Crippen LogP contribution in [0, 0.1) is 29.2 Å². The van der Waals surface area contributed by atoms with Crippen LogP contribution in [0.5, 0.6) is 11.5 Å². The first-order valence-electron chi connectivity index (χ1n) is 13.4. The molecule has 2 nitrogen and oxygen atoms in total. The number of rotatable bonds is 9. The molecule has 1 aliphatic rings. The Hall–Kier alpha value is -3.16. The van der Waals surface area contributed by atoms with Crippen LogP contribution >= 0.6 is 0 Å². The van der Waals surface area contributed by atoms with E-state index in [-0.39, 0.29) is 12.2 Å². The normalized spacial score (nSPS) is 18.1. The first-order valence-corrected chi connectivity index (χ1v) is 13.4. The van der Waals surface area contributed by atoms with Crippen LogP contribution in [0.15, 0.2) is 48.5 Å². The highest BCUT2D eigenvalue weighted by Crippen LogP contribution is 2.40. The molecule has 0 bridgehead atoms. The third kappa shape index (κ3) is 6.36. The van der Waals surface area contributed by atoms with Crippen LogP contribution in [0.25, 0.3) is 11.1 Å². The zero-order chi connectivity index (χ0) is 28.2. The van der Waals surface area contributed by atoms with Gasteiger partial charge >= 0.3 is 6.11 Å². The van der Waals surface area contributed by atoms with Crippen LogP contribution in [0.2, 0.25) is 0 Å². The summed E-state index contributed by atoms with van der Waals surface area (Å²) in [5.74, 6) is -7.08. The lowest BCUT2D eigenvalue weighted by molar-refractivity contribution is -0.189. The smallest absolute Gasteiger partial charge is 0.429 e. The van der Waals surface area contributed by atoms with E-state index in [0.29, 0.717) is 17.5 Å². The van der Waals surface area contributed by atoms with Crippen molar-refractivity contribution >= 4 is 0 Å². The first-order chi connectivity index (χ1) is 18.7. The summed E-state index contributed by atoms with van der Waals surface area (Å²) in [6.45, 7) is 3.75. The van der Waals surface area contributed by atoms with Gasteiger partial charge in [-0.25, -0.2) is 8.78 Å². The van der Waals surface area contributed by atoms with E-state index in [1.165, 1.54) is 32.6 Å². The minimum Gasteiger partial charge on any atom is -0.491 e. The van der Waals surface area contributed by atoms with Crippen molar-refractivity contribution in [1.29, 1.82) is 0 Å². The van der Waals surface area contributed by atoms with Crippen LogP contribution in [0.1, 0.15) is 75.8 Å². The van der Waals surface area contributed by atoms with E-state index in [0.717, 1.165) is 48.9 Å². The maximum absolute atomic E-state index is 15.0. The topological polar surface area (TPSA) is 18.5 Å². The Kier molecular flexibility index (Phi) is 9.13. The summed E-state index contributed by atoms with van der Waals surface area (Å²) in [5, 5.41) is 0. The average Bonchev–Trinajstić information content (AvgIpc) is 3.16. The molecule has 0 aliphatic heterocycles. The average molecular weight is 551 g/mol. The molecule has 39 heavy (non-hydrogen) atoms. The van der Waals surface area contributed by atoms with E-state index in [9.17, 15) is 22.0 Å². The second kappa shape index (κ2) is 12.3. The highest BCUT2D eigenvalue weighted by atomic mass is 19.3. The van der Waals surface area contributed by atoms with Gasteiger partial charge in [0.1, 0.15) is 5.56 Å². The number of benzene rings is 3. The zero-order valence-electron chi connectivity index (χ0n) is 22.0. The van der Waals surface area contributed by atoms with Crippen LogP contribution in [-0.2, 0) is 6.11 Å². The number of halogens is 6. The van der Waals surface area contributed by atoms with Crippen molar-refractivity contribution in [2.24, 2.45) is 5.92 Å². The molecule has 1 saturated carbocycles. The summed E-state index contributed by atoms with van der Waals surface area (Å²) in [7, 11) is 0. The summed E-state index contributed by atoms with van der Waals surface area (Å²) in [4.78, 5) is 0. The van der Waals surface area contributed by atoms with Crippen molar-refractivity contribution in [3.05, 3.63) is 82.9 Å². The maximum atomic E-state index is 15.0. The highest BCUT2D eigenvalue weighted by Gasteiger charge is 2.40. The molecule has 0 N–H and O–H groups in total. The third-order valence-electron chi connectivity index (χ3n) is 7.42. The fourth-order valence-electron chi connectivity index (χ4n) is 5.39. The van der Waals surface area contributed by atoms with Gasteiger partial charge in [-0.2, -0.15) is 17.6 Å². The zero-order valence-corrected chi connectivity index (χ0v) is 22.0. The molecule has 210 valence electrons. The van der Waals surface area contributed by atoms with Crippen molar-refractivity contribution in [3.8, 4) is 22.6 Å². The number of hydrogen-bond acceptors (Lipinski definition) is 2. The predicted molar refractivity (Wildman–Crippen MR) is 138 cm³/mol. The van der Waals surface area contributed by atoms with E-state index in [4.69, 9.17) is 4.74 Å². The highest BCUT2D eigenvalue weighted by molar-refractivity contribution is 5.65. The molecule has 0 saturated heterocycles. The summed E-state index contributed by atoms with van der Waals surface area (Å²) >= 11 is 0. The van der Waals surface area contributed by atoms with E-state index in [1.807, 2.05) is 12.1 Å². The van der Waals surface area contributed by atoms with Crippen molar-refractivity contribution in [1.82, 2.24) is 0 Å². The SMILES string of the molecule is CCCC1CCCC(c2ccc(-c3ccc(C(F)(F)Oc4ccc(OCC)c(F)c4F)c(F)c3F)cc2)CC1. The van der Waals surface area contributed by atoms with Gasteiger partial charge in [-0.15, -0.1) is 0 Å². The van der Waals surface area contributed by atoms with Crippen molar-refractivity contribution < 1.29 is 35.8 Å². The van der Waals surface area contributed by atoms with Crippen LogP contribution < -0.4 is 9.47 Å². The van der Waals surface area contributed by atoms with E-state index >= 15 is 4.39 Å². The van der Waals surface area contributed by atoms with Gasteiger partial charge in [-0.1, -0.05) is 62.9 Å².